The second-order valence-corrected chi connectivity index (χ2v) is 6.09. The number of rotatable bonds is 3. The molecule has 9 heteroatoms. The van der Waals surface area contributed by atoms with Gasteiger partial charge in [-0.05, 0) is 18.2 Å². The molecule has 0 spiro atoms. The van der Waals surface area contributed by atoms with Crippen molar-refractivity contribution < 1.29 is 22.8 Å². The number of carbonyl (C=O) groups excluding carboxylic acids is 2. The van der Waals surface area contributed by atoms with E-state index in [0.717, 1.165) is 12.1 Å². The van der Waals surface area contributed by atoms with Crippen LogP contribution in [0.2, 0.25) is 0 Å². The summed E-state index contributed by atoms with van der Waals surface area (Å²) in [6.07, 6.45) is -4.36. The topological polar surface area (TPSA) is 55.9 Å². The SMILES string of the molecule is O=C(CN1CCN(c2cccc(C(F)(F)F)c2)CC1)N1CCNC1=O. The van der Waals surface area contributed by atoms with Gasteiger partial charge in [0.2, 0.25) is 5.91 Å². The molecule has 136 valence electrons. The van der Waals surface area contributed by atoms with Crippen LogP contribution in [0.15, 0.2) is 24.3 Å². The predicted molar refractivity (Wildman–Crippen MR) is 85.2 cm³/mol. The summed E-state index contributed by atoms with van der Waals surface area (Å²) in [5, 5.41) is 2.58. The zero-order chi connectivity index (χ0) is 18.0. The molecule has 0 aromatic heterocycles. The highest BCUT2D eigenvalue weighted by Crippen LogP contribution is 2.31. The second-order valence-electron chi connectivity index (χ2n) is 6.09. The van der Waals surface area contributed by atoms with E-state index in [-0.39, 0.29) is 18.5 Å². The lowest BCUT2D eigenvalue weighted by atomic mass is 10.1. The molecule has 6 nitrogen and oxygen atoms in total. The molecule has 2 aliphatic rings. The number of nitrogens with one attached hydrogen (secondary N) is 1. The average Bonchev–Trinajstić information content (AvgIpc) is 3.01. The Labute approximate surface area is 143 Å². The zero-order valence-corrected chi connectivity index (χ0v) is 13.6. The van der Waals surface area contributed by atoms with E-state index in [1.54, 1.807) is 6.07 Å². The van der Waals surface area contributed by atoms with E-state index in [1.807, 2.05) is 9.80 Å². The quantitative estimate of drug-likeness (QED) is 0.889. The molecule has 0 unspecified atom stereocenters. The molecule has 2 saturated heterocycles. The smallest absolute Gasteiger partial charge is 0.369 e. The van der Waals surface area contributed by atoms with E-state index in [1.165, 1.54) is 11.0 Å². The van der Waals surface area contributed by atoms with Gasteiger partial charge in [0, 0.05) is 45.0 Å². The van der Waals surface area contributed by atoms with Crippen molar-refractivity contribution >= 4 is 17.6 Å². The summed E-state index contributed by atoms with van der Waals surface area (Å²) in [5.74, 6) is -0.248. The van der Waals surface area contributed by atoms with Gasteiger partial charge in [0.25, 0.3) is 0 Å². The Morgan fingerprint density at radius 1 is 1.12 bits per heavy atom. The van der Waals surface area contributed by atoms with Gasteiger partial charge in [0.1, 0.15) is 0 Å². The van der Waals surface area contributed by atoms with E-state index in [0.29, 0.717) is 45.0 Å². The molecule has 0 radical (unpaired) electrons. The lowest BCUT2D eigenvalue weighted by molar-refractivity contribution is -0.137. The molecule has 0 saturated carbocycles. The molecular formula is C16H19F3N4O2. The number of halogens is 3. The maximum Gasteiger partial charge on any atom is 0.416 e. The average molecular weight is 356 g/mol. The van der Waals surface area contributed by atoms with E-state index >= 15 is 0 Å². The number of benzene rings is 1. The zero-order valence-electron chi connectivity index (χ0n) is 13.6. The predicted octanol–water partition coefficient (Wildman–Crippen LogP) is 1.38. The number of piperazine rings is 1. The maximum absolute atomic E-state index is 12.8. The van der Waals surface area contributed by atoms with Gasteiger partial charge < -0.3 is 10.2 Å². The Hall–Kier alpha value is -2.29. The number of urea groups is 1. The third kappa shape index (κ3) is 4.04. The number of carbonyl (C=O) groups is 2. The van der Waals surface area contributed by atoms with E-state index in [4.69, 9.17) is 0 Å². The molecule has 2 heterocycles. The number of hydrogen-bond acceptors (Lipinski definition) is 4. The molecule has 0 atom stereocenters. The van der Waals surface area contributed by atoms with Crippen LogP contribution in [0.25, 0.3) is 0 Å². The lowest BCUT2D eigenvalue weighted by Crippen LogP contribution is -2.50. The third-order valence-corrected chi connectivity index (χ3v) is 4.43. The maximum atomic E-state index is 12.8. The van der Waals surface area contributed by atoms with Crippen molar-refractivity contribution in [2.24, 2.45) is 0 Å². The van der Waals surface area contributed by atoms with Crippen LogP contribution in [0, 0.1) is 0 Å². The van der Waals surface area contributed by atoms with Crippen LogP contribution in [0.5, 0.6) is 0 Å². The van der Waals surface area contributed by atoms with Crippen LogP contribution in [0.4, 0.5) is 23.7 Å². The monoisotopic (exact) mass is 356 g/mol. The number of amides is 3. The minimum absolute atomic E-state index is 0.143. The van der Waals surface area contributed by atoms with Crippen LogP contribution in [-0.2, 0) is 11.0 Å². The summed E-state index contributed by atoms with van der Waals surface area (Å²) >= 11 is 0. The molecule has 2 fully saturated rings. The first-order valence-electron chi connectivity index (χ1n) is 8.07. The van der Waals surface area contributed by atoms with Gasteiger partial charge in [0.15, 0.2) is 0 Å². The van der Waals surface area contributed by atoms with Crippen LogP contribution in [-0.4, -0.2) is 67.6 Å². The summed E-state index contributed by atoms with van der Waals surface area (Å²) < 4.78 is 38.5. The molecule has 0 aliphatic carbocycles. The number of nitrogens with zero attached hydrogens (tertiary/aromatic N) is 3. The lowest BCUT2D eigenvalue weighted by Gasteiger charge is -2.36. The fraction of sp³-hybridized carbons (Fsp3) is 0.500. The molecule has 3 amide bonds. The molecule has 1 aromatic carbocycles. The number of alkyl halides is 3. The van der Waals surface area contributed by atoms with Gasteiger partial charge in [-0.2, -0.15) is 13.2 Å². The van der Waals surface area contributed by atoms with Crippen molar-refractivity contribution in [1.29, 1.82) is 0 Å². The van der Waals surface area contributed by atoms with Crippen molar-refractivity contribution in [1.82, 2.24) is 15.1 Å². The van der Waals surface area contributed by atoms with Crippen molar-refractivity contribution in [3.63, 3.8) is 0 Å². The standard InChI is InChI=1S/C16H19F3N4O2/c17-16(18,19)12-2-1-3-13(10-12)22-8-6-21(7-9-22)11-14(24)23-5-4-20-15(23)25/h1-3,10H,4-9,11H2,(H,20,25). The fourth-order valence-electron chi connectivity index (χ4n) is 3.03. The highest BCUT2D eigenvalue weighted by Gasteiger charge is 2.31. The Morgan fingerprint density at radius 3 is 2.44 bits per heavy atom. The van der Waals surface area contributed by atoms with Crippen molar-refractivity contribution in [3.8, 4) is 0 Å². The molecular weight excluding hydrogens is 337 g/mol. The fourth-order valence-corrected chi connectivity index (χ4v) is 3.03. The first kappa shape index (κ1) is 17.5. The minimum Gasteiger partial charge on any atom is -0.369 e. The van der Waals surface area contributed by atoms with Gasteiger partial charge in [-0.15, -0.1) is 0 Å². The van der Waals surface area contributed by atoms with Crippen LogP contribution in [0.1, 0.15) is 5.56 Å². The number of anilines is 1. The molecule has 3 rings (SSSR count). The molecule has 1 aromatic rings. The van der Waals surface area contributed by atoms with Crippen molar-refractivity contribution in [2.75, 3.05) is 50.7 Å². The normalized spacial score (nSPS) is 19.2. The minimum atomic E-state index is -4.36. The first-order chi connectivity index (χ1) is 11.8. The number of hydrogen-bond donors (Lipinski definition) is 1. The highest BCUT2D eigenvalue weighted by atomic mass is 19.4. The molecule has 0 bridgehead atoms. The highest BCUT2D eigenvalue weighted by molar-refractivity contribution is 5.96. The summed E-state index contributed by atoms with van der Waals surface area (Å²) in [4.78, 5) is 28.6. The summed E-state index contributed by atoms with van der Waals surface area (Å²) in [7, 11) is 0. The Kier molecular flexibility index (Phi) is 4.85. The summed E-state index contributed by atoms with van der Waals surface area (Å²) in [6.45, 7) is 3.15. The molecule has 1 N–H and O–H groups in total. The first-order valence-corrected chi connectivity index (χ1v) is 8.07. The largest absolute Gasteiger partial charge is 0.416 e. The van der Waals surface area contributed by atoms with Gasteiger partial charge >= 0.3 is 12.2 Å². The van der Waals surface area contributed by atoms with Gasteiger partial charge in [0.05, 0.1) is 12.1 Å². The Bertz CT molecular complexity index is 657. The van der Waals surface area contributed by atoms with E-state index in [9.17, 15) is 22.8 Å². The summed E-state index contributed by atoms with van der Waals surface area (Å²) in [6, 6.07) is 4.90. The van der Waals surface area contributed by atoms with E-state index in [2.05, 4.69) is 5.32 Å². The van der Waals surface area contributed by atoms with Crippen molar-refractivity contribution in [3.05, 3.63) is 29.8 Å². The molecule has 25 heavy (non-hydrogen) atoms. The Balaban J connectivity index is 1.55. The van der Waals surface area contributed by atoms with Crippen LogP contribution >= 0.6 is 0 Å². The molecule has 2 aliphatic heterocycles. The summed E-state index contributed by atoms with van der Waals surface area (Å²) in [5.41, 5.74) is -0.137. The third-order valence-electron chi connectivity index (χ3n) is 4.43. The Morgan fingerprint density at radius 2 is 1.84 bits per heavy atom. The van der Waals surface area contributed by atoms with E-state index < -0.39 is 11.7 Å². The number of imide groups is 1. The van der Waals surface area contributed by atoms with Crippen LogP contribution < -0.4 is 10.2 Å². The van der Waals surface area contributed by atoms with Gasteiger partial charge in [-0.3, -0.25) is 14.6 Å². The van der Waals surface area contributed by atoms with Gasteiger partial charge in [-0.25, -0.2) is 4.79 Å². The van der Waals surface area contributed by atoms with Crippen LogP contribution in [0.3, 0.4) is 0 Å². The second kappa shape index (κ2) is 6.91. The van der Waals surface area contributed by atoms with Crippen molar-refractivity contribution in [2.45, 2.75) is 6.18 Å². The van der Waals surface area contributed by atoms with Gasteiger partial charge in [-0.1, -0.05) is 6.07 Å².